The second kappa shape index (κ2) is 9.12. The molecule has 0 bridgehead atoms. The van der Waals surface area contributed by atoms with Crippen molar-refractivity contribution in [1.82, 2.24) is 4.72 Å². The van der Waals surface area contributed by atoms with Crippen molar-refractivity contribution < 1.29 is 27.5 Å². The average molecular weight is 377 g/mol. The molecule has 26 heavy (non-hydrogen) atoms. The van der Waals surface area contributed by atoms with Crippen molar-refractivity contribution in [2.45, 2.75) is 11.3 Å². The molecule has 0 radical (unpaired) electrons. The number of esters is 1. The predicted molar refractivity (Wildman–Crippen MR) is 94.5 cm³/mol. The normalized spacial score (nSPS) is 11.0. The van der Waals surface area contributed by atoms with Crippen molar-refractivity contribution in [3.8, 4) is 5.75 Å². The zero-order valence-electron chi connectivity index (χ0n) is 14.2. The van der Waals surface area contributed by atoms with Gasteiger partial charge in [-0.1, -0.05) is 18.2 Å². The monoisotopic (exact) mass is 377 g/mol. The maximum Gasteiger partial charge on any atom is 0.307 e. The summed E-state index contributed by atoms with van der Waals surface area (Å²) in [5.41, 5.74) is 0.392. The molecule has 2 aromatic carbocycles. The van der Waals surface area contributed by atoms with Crippen molar-refractivity contribution in [3.63, 3.8) is 0 Å². The van der Waals surface area contributed by atoms with Crippen LogP contribution in [-0.2, 0) is 19.6 Å². The Bertz CT molecular complexity index is 847. The third kappa shape index (κ3) is 5.68. The fraction of sp³-hybridized carbons (Fsp3) is 0.222. The van der Waals surface area contributed by atoms with Crippen molar-refractivity contribution in [1.29, 1.82) is 0 Å². The van der Waals surface area contributed by atoms with E-state index in [1.54, 1.807) is 42.5 Å². The number of ether oxygens (including phenoxy) is 2. The summed E-state index contributed by atoms with van der Waals surface area (Å²) in [4.78, 5) is 23.7. The number of methoxy groups -OCH3 is 1. The highest BCUT2D eigenvalue weighted by atomic mass is 32.2. The van der Waals surface area contributed by atoms with E-state index in [1.165, 1.54) is 19.2 Å². The summed E-state index contributed by atoms with van der Waals surface area (Å²) < 4.78 is 36.2. The van der Waals surface area contributed by atoms with E-state index < -0.39 is 22.6 Å². The second-order valence-electron chi connectivity index (χ2n) is 5.27. The molecule has 138 valence electrons. The van der Waals surface area contributed by atoms with Crippen LogP contribution in [0.1, 0.15) is 16.8 Å². The van der Waals surface area contributed by atoms with Crippen molar-refractivity contribution >= 4 is 21.8 Å². The summed E-state index contributed by atoms with van der Waals surface area (Å²) in [6.45, 7) is -0.524. The van der Waals surface area contributed by atoms with E-state index in [1.807, 2.05) is 0 Å². The first kappa shape index (κ1) is 19.6. The molecular formula is C18H19NO6S. The third-order valence-corrected chi connectivity index (χ3v) is 4.93. The lowest BCUT2D eigenvalue weighted by molar-refractivity contribution is -0.142. The van der Waals surface area contributed by atoms with Gasteiger partial charge in [0.2, 0.25) is 10.0 Å². The summed E-state index contributed by atoms with van der Waals surface area (Å²) in [6.07, 6.45) is -0.179. The van der Waals surface area contributed by atoms with Crippen molar-refractivity contribution in [2.75, 3.05) is 20.3 Å². The molecule has 2 rings (SSSR count). The number of ketones is 1. The molecule has 0 heterocycles. The number of carbonyl (C=O) groups excluding carboxylic acids is 2. The topological polar surface area (TPSA) is 98.8 Å². The molecule has 0 spiro atoms. The lowest BCUT2D eigenvalue weighted by Gasteiger charge is -2.07. The minimum absolute atomic E-state index is 0.114. The minimum atomic E-state index is -3.67. The van der Waals surface area contributed by atoms with E-state index in [4.69, 9.17) is 9.47 Å². The molecule has 0 saturated carbocycles. The molecule has 1 N–H and O–H groups in total. The fourth-order valence-electron chi connectivity index (χ4n) is 2.05. The van der Waals surface area contributed by atoms with Gasteiger partial charge in [0.05, 0.1) is 18.4 Å². The van der Waals surface area contributed by atoms with Gasteiger partial charge in [-0.15, -0.1) is 0 Å². The van der Waals surface area contributed by atoms with Gasteiger partial charge < -0.3 is 9.47 Å². The Hall–Kier alpha value is -2.71. The van der Waals surface area contributed by atoms with Gasteiger partial charge in [0, 0.05) is 12.1 Å². The van der Waals surface area contributed by atoms with Crippen LogP contribution in [0.15, 0.2) is 59.5 Å². The van der Waals surface area contributed by atoms with E-state index >= 15 is 0 Å². The highest BCUT2D eigenvalue weighted by Gasteiger charge is 2.15. The first-order chi connectivity index (χ1) is 12.4. The molecule has 0 saturated heterocycles. The lowest BCUT2D eigenvalue weighted by Crippen LogP contribution is -2.27. The predicted octanol–water partition coefficient (Wildman–Crippen LogP) is 1.79. The minimum Gasteiger partial charge on any atom is -0.497 e. The van der Waals surface area contributed by atoms with Gasteiger partial charge in [0.15, 0.2) is 12.4 Å². The first-order valence-corrected chi connectivity index (χ1v) is 9.28. The number of benzene rings is 2. The van der Waals surface area contributed by atoms with Crippen molar-refractivity contribution in [2.24, 2.45) is 0 Å². The Morgan fingerprint density at radius 2 is 1.65 bits per heavy atom. The van der Waals surface area contributed by atoms with Gasteiger partial charge >= 0.3 is 5.97 Å². The van der Waals surface area contributed by atoms with Crippen LogP contribution >= 0.6 is 0 Å². The number of nitrogens with one attached hydrogen (secondary N) is 1. The lowest BCUT2D eigenvalue weighted by atomic mass is 10.1. The van der Waals surface area contributed by atoms with Gasteiger partial charge in [0.25, 0.3) is 0 Å². The van der Waals surface area contributed by atoms with Crippen LogP contribution in [0.5, 0.6) is 5.75 Å². The van der Waals surface area contributed by atoms with E-state index in [9.17, 15) is 18.0 Å². The number of hydrogen-bond acceptors (Lipinski definition) is 6. The van der Waals surface area contributed by atoms with Crippen LogP contribution in [0.2, 0.25) is 0 Å². The van der Waals surface area contributed by atoms with E-state index in [2.05, 4.69) is 4.72 Å². The molecule has 0 aliphatic rings. The maximum absolute atomic E-state index is 12.0. The first-order valence-electron chi connectivity index (χ1n) is 7.80. The van der Waals surface area contributed by atoms with Crippen LogP contribution < -0.4 is 9.46 Å². The number of sulfonamides is 1. The van der Waals surface area contributed by atoms with Gasteiger partial charge in [-0.3, -0.25) is 9.59 Å². The zero-order chi connectivity index (χ0) is 19.0. The van der Waals surface area contributed by atoms with E-state index in [0.717, 1.165) is 0 Å². The molecule has 0 aromatic heterocycles. The Kier molecular flexibility index (Phi) is 6.88. The molecule has 2 aromatic rings. The van der Waals surface area contributed by atoms with Crippen LogP contribution in [0.25, 0.3) is 0 Å². The molecular weight excluding hydrogens is 358 g/mol. The van der Waals surface area contributed by atoms with Crippen LogP contribution in [-0.4, -0.2) is 40.4 Å². The van der Waals surface area contributed by atoms with Crippen LogP contribution in [0, 0.1) is 0 Å². The van der Waals surface area contributed by atoms with Gasteiger partial charge in [-0.05, 0) is 36.4 Å². The quantitative estimate of drug-likeness (QED) is 0.528. The molecule has 0 unspecified atom stereocenters. The molecule has 7 nitrogen and oxygen atoms in total. The van der Waals surface area contributed by atoms with Crippen LogP contribution in [0.4, 0.5) is 0 Å². The number of carbonyl (C=O) groups is 2. The van der Waals surface area contributed by atoms with Gasteiger partial charge in [0.1, 0.15) is 5.75 Å². The molecule has 0 amide bonds. The Labute approximate surface area is 152 Å². The summed E-state index contributed by atoms with van der Waals surface area (Å²) in [5, 5.41) is 0. The fourth-order valence-corrected chi connectivity index (χ4v) is 3.10. The van der Waals surface area contributed by atoms with Gasteiger partial charge in [-0.2, -0.15) is 0 Å². The van der Waals surface area contributed by atoms with Gasteiger partial charge in [-0.25, -0.2) is 13.1 Å². The van der Waals surface area contributed by atoms with Crippen molar-refractivity contribution in [3.05, 3.63) is 60.2 Å². The zero-order valence-corrected chi connectivity index (χ0v) is 15.0. The smallest absolute Gasteiger partial charge is 0.307 e. The Balaban J connectivity index is 1.75. The highest BCUT2D eigenvalue weighted by Crippen LogP contribution is 2.12. The summed E-state index contributed by atoms with van der Waals surface area (Å²) in [5.74, 6) is -0.405. The molecule has 0 atom stereocenters. The SMILES string of the molecule is COc1ccc(C(=O)COC(=O)CCNS(=O)(=O)c2ccccc2)cc1. The molecule has 0 fully saturated rings. The highest BCUT2D eigenvalue weighted by molar-refractivity contribution is 7.89. The summed E-state index contributed by atoms with van der Waals surface area (Å²) >= 11 is 0. The van der Waals surface area contributed by atoms with E-state index in [0.29, 0.717) is 11.3 Å². The Morgan fingerprint density at radius 1 is 1.00 bits per heavy atom. The third-order valence-electron chi connectivity index (χ3n) is 3.45. The standard InChI is InChI=1S/C18H19NO6S/c1-24-15-9-7-14(8-10-15)17(20)13-25-18(21)11-12-19-26(22,23)16-5-3-2-4-6-16/h2-10,19H,11-13H2,1H3. The molecule has 0 aliphatic carbocycles. The summed E-state index contributed by atoms with van der Waals surface area (Å²) in [7, 11) is -2.15. The average Bonchev–Trinajstić information content (AvgIpc) is 2.66. The molecule has 8 heteroatoms. The second-order valence-corrected chi connectivity index (χ2v) is 7.04. The van der Waals surface area contributed by atoms with Crippen LogP contribution in [0.3, 0.4) is 0 Å². The molecule has 0 aliphatic heterocycles. The summed E-state index contributed by atoms with van der Waals surface area (Å²) in [6, 6.07) is 14.2. The number of hydrogen-bond donors (Lipinski definition) is 1. The number of rotatable bonds is 9. The largest absolute Gasteiger partial charge is 0.497 e. The maximum atomic E-state index is 12.0. The van der Waals surface area contributed by atoms with E-state index in [-0.39, 0.29) is 23.6 Å². The Morgan fingerprint density at radius 3 is 2.27 bits per heavy atom. The number of Topliss-reactive ketones (excluding diaryl/α,β-unsaturated/α-hetero) is 1.